The number of fused-ring (bicyclic) bond motifs is 1. The molecule has 0 bridgehead atoms. The fraction of sp³-hybridized carbons (Fsp3) is 0.308. The first-order valence-electron chi connectivity index (χ1n) is 17.3. The second kappa shape index (κ2) is 15.4. The van der Waals surface area contributed by atoms with Crippen molar-refractivity contribution in [3.05, 3.63) is 111 Å². The first-order valence-corrected chi connectivity index (χ1v) is 19.7. The zero-order valence-electron chi connectivity index (χ0n) is 29.3. The zero-order valence-corrected chi connectivity index (χ0v) is 31.6. The molecule has 0 spiro atoms. The van der Waals surface area contributed by atoms with Crippen LogP contribution >= 0.6 is 23.2 Å². The second-order valence-electron chi connectivity index (χ2n) is 13.6. The van der Waals surface area contributed by atoms with E-state index in [1.807, 2.05) is 24.3 Å². The van der Waals surface area contributed by atoms with Crippen molar-refractivity contribution in [2.75, 3.05) is 42.7 Å². The Balaban J connectivity index is 1.26. The number of piperidine rings is 1. The number of hydrogen-bond acceptors (Lipinski definition) is 8. The molecule has 0 amide bonds. The molecule has 282 valence electrons. The number of rotatable bonds is 12. The molecule has 1 aliphatic carbocycles. The van der Waals surface area contributed by atoms with Crippen molar-refractivity contribution in [3.63, 3.8) is 0 Å². The van der Waals surface area contributed by atoms with Crippen LogP contribution in [0.2, 0.25) is 10.0 Å². The Bertz CT molecular complexity index is 2340. The molecule has 5 aromatic rings. The number of nitrogens with zero attached hydrogens (tertiary/aromatic N) is 3. The molecule has 3 heterocycles. The summed E-state index contributed by atoms with van der Waals surface area (Å²) in [7, 11) is -0.686. The van der Waals surface area contributed by atoms with Crippen molar-refractivity contribution in [1.29, 1.82) is 0 Å². The van der Waals surface area contributed by atoms with Crippen LogP contribution in [-0.4, -0.2) is 69.0 Å². The van der Waals surface area contributed by atoms with Gasteiger partial charge in [0.25, 0.3) is 5.91 Å². The molecule has 0 unspecified atom stereocenters. The number of ether oxygens (including phenoxy) is 2. The predicted molar refractivity (Wildman–Crippen MR) is 204 cm³/mol. The molecule has 1 saturated heterocycles. The Morgan fingerprint density at radius 1 is 0.926 bits per heavy atom. The number of pyridine rings is 1. The highest BCUT2D eigenvalue weighted by Crippen LogP contribution is 2.35. The minimum atomic E-state index is -3.97. The molecule has 1 N–H and O–H groups in total. The minimum absolute atomic E-state index is 0.00936. The zero-order chi connectivity index (χ0) is 38.3. The number of hydrogen-bond donors (Lipinski definition) is 1. The van der Waals surface area contributed by atoms with Crippen LogP contribution in [0.5, 0.6) is 0 Å². The fourth-order valence-corrected chi connectivity index (χ4v) is 9.07. The van der Waals surface area contributed by atoms with Crippen LogP contribution in [0.15, 0.2) is 73.1 Å². The van der Waals surface area contributed by atoms with Crippen molar-refractivity contribution in [2.24, 2.45) is 11.8 Å². The van der Waals surface area contributed by atoms with Gasteiger partial charge in [-0.1, -0.05) is 41.4 Å². The minimum Gasteiger partial charge on any atom is -0.372 e. The van der Waals surface area contributed by atoms with Crippen LogP contribution in [0.4, 0.5) is 20.2 Å². The van der Waals surface area contributed by atoms with Crippen molar-refractivity contribution in [2.45, 2.75) is 32.0 Å². The van der Waals surface area contributed by atoms with E-state index >= 15 is 8.78 Å². The van der Waals surface area contributed by atoms with Crippen LogP contribution in [0.1, 0.15) is 52.0 Å². The smallest absolute Gasteiger partial charge is 0.266 e. The van der Waals surface area contributed by atoms with Gasteiger partial charge in [-0.2, -0.15) is 0 Å². The maximum atomic E-state index is 16.0. The summed E-state index contributed by atoms with van der Waals surface area (Å²) < 4.78 is 70.9. The molecular weight excluding hydrogens is 761 g/mol. The predicted octanol–water partition coefficient (Wildman–Crippen LogP) is 8.19. The third-order valence-electron chi connectivity index (χ3n) is 9.97. The molecule has 2 aromatic heterocycles. The van der Waals surface area contributed by atoms with Gasteiger partial charge in [0, 0.05) is 62.3 Å². The number of carbonyl (C=O) groups excluding carboxylic acids is 2. The Morgan fingerprint density at radius 3 is 2.22 bits per heavy atom. The number of methoxy groups -OCH3 is 2. The lowest BCUT2D eigenvalue weighted by molar-refractivity contribution is -0.141. The molecular formula is C39H36Cl2F2N4O6S. The lowest BCUT2D eigenvalue weighted by Crippen LogP contribution is -2.39. The molecule has 0 radical (unpaired) electrons. The molecule has 2 aliphatic rings. The molecule has 2 fully saturated rings. The number of nitrogens with one attached hydrogen (secondary N) is 1. The molecule has 15 heteroatoms. The first-order chi connectivity index (χ1) is 25.9. The maximum absolute atomic E-state index is 16.0. The number of ketones is 1. The summed E-state index contributed by atoms with van der Waals surface area (Å²) in [6.07, 6.45) is 5.70. The normalized spacial score (nSPS) is 15.3. The van der Waals surface area contributed by atoms with E-state index in [2.05, 4.69) is 14.6 Å². The third kappa shape index (κ3) is 7.60. The lowest BCUT2D eigenvalue weighted by Gasteiger charge is -2.36. The molecule has 54 heavy (non-hydrogen) atoms. The van der Waals surface area contributed by atoms with Gasteiger partial charge in [-0.05, 0) is 79.6 Å². The average molecular weight is 798 g/mol. The van der Waals surface area contributed by atoms with Gasteiger partial charge < -0.3 is 14.4 Å². The van der Waals surface area contributed by atoms with Crippen LogP contribution in [0.25, 0.3) is 22.2 Å². The Morgan fingerprint density at radius 2 is 1.59 bits per heavy atom. The largest absolute Gasteiger partial charge is 0.372 e. The number of aromatic nitrogens is 2. The van der Waals surface area contributed by atoms with Crippen LogP contribution in [0, 0.1) is 23.5 Å². The molecule has 0 atom stereocenters. The van der Waals surface area contributed by atoms with E-state index in [-0.39, 0.29) is 50.2 Å². The van der Waals surface area contributed by atoms with E-state index in [9.17, 15) is 18.0 Å². The van der Waals surface area contributed by atoms with Crippen molar-refractivity contribution in [1.82, 2.24) is 9.55 Å². The third-order valence-corrected chi connectivity index (χ3v) is 12.0. The summed E-state index contributed by atoms with van der Waals surface area (Å²) in [5.74, 6) is -4.42. The standard InChI is InChI=1S/C39H36Cl2F2N4O6S/c1-52-39(53-2)24-14-16-46(17-15-24)26-10-8-23(9-11-26)25-18-27-28(20-47(37(27)44-19-25)38(49)33-29(40)4-3-5-30(33)41)36(48)34-31(42)12-13-32(35(34)43)45-54(50,51)21-22-6-7-22/h3-5,8-13,18-20,22,24,39,45H,6-7,14-17,21H2,1-2H3. The number of carbonyl (C=O) groups is 2. The topological polar surface area (TPSA) is 120 Å². The number of sulfonamides is 1. The molecule has 1 aliphatic heterocycles. The Labute approximate surface area is 321 Å². The highest BCUT2D eigenvalue weighted by molar-refractivity contribution is 7.92. The van der Waals surface area contributed by atoms with Gasteiger partial charge in [-0.25, -0.2) is 22.2 Å². The SMILES string of the molecule is COC(OC)C1CCN(c2ccc(-c3cnc4c(c3)c(C(=O)c3c(F)ccc(NS(=O)(=O)CC5CC5)c3F)cn4C(=O)c3c(Cl)cccc3Cl)cc2)CC1. The fourth-order valence-electron chi connectivity index (χ4n) is 6.98. The molecule has 1 saturated carbocycles. The summed E-state index contributed by atoms with van der Waals surface area (Å²) in [4.78, 5) is 35.0. The van der Waals surface area contributed by atoms with Crippen LogP contribution in [0.3, 0.4) is 0 Å². The van der Waals surface area contributed by atoms with E-state index in [4.69, 9.17) is 32.7 Å². The van der Waals surface area contributed by atoms with Crippen molar-refractivity contribution >= 4 is 67.3 Å². The first kappa shape index (κ1) is 37.9. The highest BCUT2D eigenvalue weighted by Gasteiger charge is 2.32. The van der Waals surface area contributed by atoms with Gasteiger partial charge in [0.1, 0.15) is 11.5 Å². The summed E-state index contributed by atoms with van der Waals surface area (Å²) in [5.41, 5.74) is 0.443. The van der Waals surface area contributed by atoms with Crippen LogP contribution in [-0.2, 0) is 19.5 Å². The Kier molecular flexibility index (Phi) is 10.8. The monoisotopic (exact) mass is 796 g/mol. The van der Waals surface area contributed by atoms with E-state index in [0.29, 0.717) is 11.5 Å². The number of halogens is 4. The van der Waals surface area contributed by atoms with E-state index < -0.39 is 44.6 Å². The van der Waals surface area contributed by atoms with E-state index in [1.54, 1.807) is 26.4 Å². The lowest BCUT2D eigenvalue weighted by atomic mass is 9.95. The van der Waals surface area contributed by atoms with Crippen LogP contribution < -0.4 is 9.62 Å². The summed E-state index contributed by atoms with van der Waals surface area (Å²) in [5, 5.41) is 0.205. The second-order valence-corrected chi connectivity index (χ2v) is 16.1. The van der Waals surface area contributed by atoms with Gasteiger partial charge >= 0.3 is 0 Å². The summed E-state index contributed by atoms with van der Waals surface area (Å²) in [6, 6.07) is 15.6. The van der Waals surface area contributed by atoms with Crippen molar-refractivity contribution < 1.29 is 36.3 Å². The van der Waals surface area contributed by atoms with Gasteiger partial charge in [-0.3, -0.25) is 18.9 Å². The quantitative estimate of drug-likeness (QED) is 0.0992. The molecule has 3 aromatic carbocycles. The van der Waals surface area contributed by atoms with Gasteiger partial charge in [-0.15, -0.1) is 0 Å². The summed E-state index contributed by atoms with van der Waals surface area (Å²) >= 11 is 12.7. The molecule has 7 rings (SSSR count). The average Bonchev–Trinajstić information content (AvgIpc) is 3.88. The van der Waals surface area contributed by atoms with Gasteiger partial charge in [0.05, 0.1) is 38.2 Å². The number of benzene rings is 3. The Hall–Kier alpha value is -4.40. The van der Waals surface area contributed by atoms with Gasteiger partial charge in [0.15, 0.2) is 12.1 Å². The van der Waals surface area contributed by atoms with Crippen molar-refractivity contribution in [3.8, 4) is 11.1 Å². The highest BCUT2D eigenvalue weighted by atomic mass is 35.5. The van der Waals surface area contributed by atoms with Gasteiger partial charge in [0.2, 0.25) is 15.8 Å². The maximum Gasteiger partial charge on any atom is 0.266 e. The summed E-state index contributed by atoms with van der Waals surface area (Å²) in [6.45, 7) is 1.64. The molecule has 10 nitrogen and oxygen atoms in total. The van der Waals surface area contributed by atoms with E-state index in [1.165, 1.54) is 18.3 Å². The number of anilines is 2. The van der Waals surface area contributed by atoms with E-state index in [0.717, 1.165) is 72.9 Å².